The first-order chi connectivity index (χ1) is 17.5. The number of aromatic nitrogens is 2. The van der Waals surface area contributed by atoms with Crippen molar-refractivity contribution in [2.45, 2.75) is 30.6 Å². The zero-order valence-electron chi connectivity index (χ0n) is 20.6. The lowest BCUT2D eigenvalue weighted by atomic mass is 10.1. The first-order valence-electron chi connectivity index (χ1n) is 11.4. The van der Waals surface area contributed by atoms with Gasteiger partial charge in [0.1, 0.15) is 11.6 Å². The molecule has 2 heterocycles. The van der Waals surface area contributed by atoms with Gasteiger partial charge in [-0.1, -0.05) is 6.07 Å². The summed E-state index contributed by atoms with van der Waals surface area (Å²) in [5.41, 5.74) is 1.76. The van der Waals surface area contributed by atoms with E-state index in [1.54, 1.807) is 26.8 Å². The molecule has 1 aromatic heterocycles. The molecule has 0 bridgehead atoms. The molecule has 1 aliphatic rings. The monoisotopic (exact) mass is 545 g/mol. The van der Waals surface area contributed by atoms with E-state index in [2.05, 4.69) is 20.0 Å². The molecular formula is C24H27N5O6S2. The Hall–Kier alpha value is -3.39. The highest BCUT2D eigenvalue weighted by molar-refractivity contribution is 7.92. The Morgan fingerprint density at radius 1 is 0.892 bits per heavy atom. The van der Waals surface area contributed by atoms with E-state index in [9.17, 15) is 21.6 Å². The summed E-state index contributed by atoms with van der Waals surface area (Å²) in [5.74, 6) is 0.0785. The van der Waals surface area contributed by atoms with Crippen LogP contribution >= 0.6 is 0 Å². The maximum absolute atomic E-state index is 13.0. The van der Waals surface area contributed by atoms with Gasteiger partial charge in [-0.2, -0.15) is 4.31 Å². The van der Waals surface area contributed by atoms with Crippen molar-refractivity contribution in [3.8, 4) is 0 Å². The van der Waals surface area contributed by atoms with E-state index in [1.165, 1.54) is 46.8 Å². The van der Waals surface area contributed by atoms with Crippen molar-refractivity contribution in [1.29, 1.82) is 0 Å². The van der Waals surface area contributed by atoms with Gasteiger partial charge in [-0.3, -0.25) is 9.52 Å². The molecule has 2 aromatic carbocycles. The third-order valence-corrected chi connectivity index (χ3v) is 8.95. The van der Waals surface area contributed by atoms with Gasteiger partial charge < -0.3 is 10.1 Å². The fourth-order valence-electron chi connectivity index (χ4n) is 3.82. The lowest BCUT2D eigenvalue weighted by Gasteiger charge is -2.26. The zero-order valence-corrected chi connectivity index (χ0v) is 22.2. The Labute approximate surface area is 216 Å². The number of amides is 1. The quantitative estimate of drug-likeness (QED) is 0.460. The van der Waals surface area contributed by atoms with Gasteiger partial charge in [0, 0.05) is 36.1 Å². The number of nitrogens with zero attached hydrogens (tertiary/aromatic N) is 3. The number of carbonyl (C=O) groups is 1. The fourth-order valence-corrected chi connectivity index (χ4v) is 6.25. The van der Waals surface area contributed by atoms with Crippen LogP contribution in [0.2, 0.25) is 0 Å². The second-order valence-corrected chi connectivity index (χ2v) is 12.1. The lowest BCUT2D eigenvalue weighted by molar-refractivity contribution is 0.0730. The molecule has 3 aromatic rings. The maximum Gasteiger partial charge on any atom is 0.263 e. The molecule has 0 aliphatic carbocycles. The standard InChI is InChI=1S/C24H27N5O6S2/c1-16-4-7-21(37(33,34)29-10-12-35-13-11-29)15-22(16)24(30)27-19-5-8-20(9-6-19)36(31,32)28-23-14-17(2)25-18(3)26-23/h4-9,14-15H,10-13H2,1-3H3,(H,27,30)(H,25,26,28). The first kappa shape index (κ1) is 26.7. The molecule has 0 spiro atoms. The summed E-state index contributed by atoms with van der Waals surface area (Å²) in [4.78, 5) is 21.2. The fraction of sp³-hybridized carbons (Fsp3) is 0.292. The normalized spacial score (nSPS) is 14.8. The minimum Gasteiger partial charge on any atom is -0.379 e. The summed E-state index contributed by atoms with van der Waals surface area (Å²) in [5, 5.41) is 2.70. The predicted molar refractivity (Wildman–Crippen MR) is 137 cm³/mol. The van der Waals surface area contributed by atoms with Gasteiger partial charge in [-0.05, 0) is 62.7 Å². The highest BCUT2D eigenvalue weighted by Gasteiger charge is 2.27. The summed E-state index contributed by atoms with van der Waals surface area (Å²) in [7, 11) is -7.69. The summed E-state index contributed by atoms with van der Waals surface area (Å²) < 4.78 is 60.5. The number of hydrogen-bond donors (Lipinski definition) is 2. The smallest absolute Gasteiger partial charge is 0.263 e. The van der Waals surface area contributed by atoms with Gasteiger partial charge >= 0.3 is 0 Å². The molecule has 11 nitrogen and oxygen atoms in total. The van der Waals surface area contributed by atoms with E-state index >= 15 is 0 Å². The van der Waals surface area contributed by atoms with Crippen LogP contribution in [0.4, 0.5) is 11.5 Å². The van der Waals surface area contributed by atoms with Crippen molar-refractivity contribution in [1.82, 2.24) is 14.3 Å². The number of sulfonamides is 2. The molecular weight excluding hydrogens is 518 g/mol. The number of rotatable bonds is 7. The number of benzene rings is 2. The van der Waals surface area contributed by atoms with E-state index in [4.69, 9.17) is 4.74 Å². The van der Waals surface area contributed by atoms with Crippen molar-refractivity contribution >= 4 is 37.5 Å². The Morgan fingerprint density at radius 2 is 1.54 bits per heavy atom. The summed E-state index contributed by atoms with van der Waals surface area (Å²) in [6.45, 7) is 6.24. The minimum atomic E-state index is -3.92. The molecule has 0 saturated carbocycles. The van der Waals surface area contributed by atoms with Crippen LogP contribution in [-0.2, 0) is 24.8 Å². The Morgan fingerprint density at radius 3 is 2.19 bits per heavy atom. The topological polar surface area (TPSA) is 148 Å². The van der Waals surface area contributed by atoms with Crippen molar-refractivity contribution in [3.63, 3.8) is 0 Å². The second-order valence-electron chi connectivity index (χ2n) is 8.52. The molecule has 0 radical (unpaired) electrons. The summed E-state index contributed by atoms with van der Waals surface area (Å²) >= 11 is 0. The predicted octanol–water partition coefficient (Wildman–Crippen LogP) is 2.48. The molecule has 1 fully saturated rings. The molecule has 0 atom stereocenters. The van der Waals surface area contributed by atoms with Crippen LogP contribution in [0.3, 0.4) is 0 Å². The highest BCUT2D eigenvalue weighted by atomic mass is 32.2. The SMILES string of the molecule is Cc1cc(NS(=O)(=O)c2ccc(NC(=O)c3cc(S(=O)(=O)N4CCOCC4)ccc3C)cc2)nc(C)n1. The van der Waals surface area contributed by atoms with Crippen molar-refractivity contribution in [2.75, 3.05) is 36.3 Å². The van der Waals surface area contributed by atoms with Crippen LogP contribution in [0.25, 0.3) is 0 Å². The zero-order chi connectivity index (χ0) is 26.8. The average Bonchev–Trinajstić information content (AvgIpc) is 2.84. The Kier molecular flexibility index (Phi) is 7.59. The van der Waals surface area contributed by atoms with E-state index in [-0.39, 0.29) is 34.3 Å². The molecule has 1 aliphatic heterocycles. The van der Waals surface area contributed by atoms with Crippen molar-refractivity contribution in [3.05, 3.63) is 71.2 Å². The molecule has 2 N–H and O–H groups in total. The van der Waals surface area contributed by atoms with Crippen LogP contribution in [0.5, 0.6) is 0 Å². The van der Waals surface area contributed by atoms with Crippen LogP contribution in [0.15, 0.2) is 58.3 Å². The number of hydrogen-bond acceptors (Lipinski definition) is 8. The van der Waals surface area contributed by atoms with E-state index in [0.717, 1.165) is 0 Å². The average molecular weight is 546 g/mol. The molecule has 1 saturated heterocycles. The summed E-state index contributed by atoms with van der Waals surface area (Å²) in [6, 6.07) is 11.5. The van der Waals surface area contributed by atoms with Crippen LogP contribution < -0.4 is 10.0 Å². The van der Waals surface area contributed by atoms with Crippen LogP contribution in [0, 0.1) is 20.8 Å². The lowest BCUT2D eigenvalue weighted by Crippen LogP contribution is -2.40. The first-order valence-corrected chi connectivity index (χ1v) is 14.3. The van der Waals surface area contributed by atoms with Crippen molar-refractivity contribution < 1.29 is 26.4 Å². The van der Waals surface area contributed by atoms with E-state index in [1.807, 2.05) is 0 Å². The Bertz CT molecular complexity index is 1510. The van der Waals surface area contributed by atoms with Crippen molar-refractivity contribution in [2.24, 2.45) is 0 Å². The van der Waals surface area contributed by atoms with Gasteiger partial charge in [0.15, 0.2) is 0 Å². The van der Waals surface area contributed by atoms with Crippen LogP contribution in [0.1, 0.15) is 27.4 Å². The number of ether oxygens (including phenoxy) is 1. The molecule has 0 unspecified atom stereocenters. The van der Waals surface area contributed by atoms with E-state index < -0.39 is 26.0 Å². The number of morpholine rings is 1. The largest absolute Gasteiger partial charge is 0.379 e. The number of aryl methyl sites for hydroxylation is 3. The summed E-state index contributed by atoms with van der Waals surface area (Å²) in [6.07, 6.45) is 0. The molecule has 1 amide bonds. The van der Waals surface area contributed by atoms with Gasteiger partial charge in [-0.25, -0.2) is 26.8 Å². The van der Waals surface area contributed by atoms with Crippen LogP contribution in [-0.4, -0.2) is 63.3 Å². The molecule has 37 heavy (non-hydrogen) atoms. The van der Waals surface area contributed by atoms with E-state index in [0.29, 0.717) is 36.0 Å². The number of nitrogens with one attached hydrogen (secondary N) is 2. The minimum absolute atomic E-state index is 0.0193. The molecule has 196 valence electrons. The van der Waals surface area contributed by atoms with Gasteiger partial charge in [-0.15, -0.1) is 0 Å². The number of carbonyl (C=O) groups excluding carboxylic acids is 1. The Balaban J connectivity index is 1.50. The van der Waals surface area contributed by atoms with Gasteiger partial charge in [0.2, 0.25) is 10.0 Å². The molecule has 13 heteroatoms. The molecule has 4 rings (SSSR count). The number of anilines is 2. The third kappa shape index (κ3) is 6.13. The maximum atomic E-state index is 13.0. The highest BCUT2D eigenvalue weighted by Crippen LogP contribution is 2.23. The van der Waals surface area contributed by atoms with Gasteiger partial charge in [0.25, 0.3) is 15.9 Å². The third-order valence-electron chi connectivity index (χ3n) is 5.69. The second kappa shape index (κ2) is 10.5. The van der Waals surface area contributed by atoms with Gasteiger partial charge in [0.05, 0.1) is 23.0 Å².